The number of unbranched alkanes of at least 4 members (excludes halogenated alkanes) is 3. The molecule has 1 nitrogen and oxygen atoms in total. The van der Waals surface area contributed by atoms with Gasteiger partial charge >= 0.3 is 161 Å². The van der Waals surface area contributed by atoms with Crippen molar-refractivity contribution >= 4 is 18.4 Å². The maximum absolute atomic E-state index is 9.82. The average molecular weight is 451 g/mol. The Morgan fingerprint density at radius 2 is 1.40 bits per heavy atom. The first-order chi connectivity index (χ1) is 12.2. The van der Waals surface area contributed by atoms with Gasteiger partial charge in [0.2, 0.25) is 0 Å². The molecule has 25 heavy (non-hydrogen) atoms. The summed E-state index contributed by atoms with van der Waals surface area (Å²) in [6, 6.07) is 10.5. The molecule has 0 radical (unpaired) electrons. The molecule has 0 aliphatic carbocycles. The van der Waals surface area contributed by atoms with Crippen molar-refractivity contribution in [2.24, 2.45) is 0 Å². The van der Waals surface area contributed by atoms with Crippen LogP contribution in [0.2, 0.25) is 13.3 Å². The summed E-state index contributed by atoms with van der Waals surface area (Å²) in [6.07, 6.45) is 11.7. The minimum absolute atomic E-state index is 0.246. The Balaban J connectivity index is 2.82. The standard InChI is InChI=1S/C11H13O.3C4H9.Sn/c1-2-6-11(9-12)10-7-4-3-5-8-10;3*1-3-4-2;/h1-5,7-8,11-12H,6,9H2;3*1,3-4H2,2H3;. The fourth-order valence-corrected chi connectivity index (χ4v) is 18.2. The summed E-state index contributed by atoms with van der Waals surface area (Å²) in [5, 5.41) is 9.82. The van der Waals surface area contributed by atoms with Gasteiger partial charge in [0.25, 0.3) is 0 Å². The van der Waals surface area contributed by atoms with Crippen LogP contribution in [-0.2, 0) is 0 Å². The molecular weight excluding hydrogens is 411 g/mol. The van der Waals surface area contributed by atoms with Crippen molar-refractivity contribution in [2.45, 2.75) is 84.9 Å². The van der Waals surface area contributed by atoms with Crippen LogP contribution in [0.3, 0.4) is 0 Å². The van der Waals surface area contributed by atoms with E-state index in [-0.39, 0.29) is 12.5 Å². The quantitative estimate of drug-likeness (QED) is 0.299. The van der Waals surface area contributed by atoms with Crippen LogP contribution in [0, 0.1) is 0 Å². The fourth-order valence-electron chi connectivity index (χ4n) is 3.74. The molecule has 142 valence electrons. The first-order valence-corrected chi connectivity index (χ1v) is 18.2. The zero-order chi connectivity index (χ0) is 18.4. The first-order valence-electron chi connectivity index (χ1n) is 10.5. The zero-order valence-corrected chi connectivity index (χ0v) is 19.7. The van der Waals surface area contributed by atoms with Crippen LogP contribution in [-0.4, -0.2) is 30.1 Å². The van der Waals surface area contributed by atoms with Gasteiger partial charge in [-0.1, -0.05) is 0 Å². The Labute approximate surface area is 160 Å². The minimum atomic E-state index is -2.16. The molecular formula is C23H40OSn. The molecule has 1 rings (SSSR count). The van der Waals surface area contributed by atoms with Crippen LogP contribution < -0.4 is 0 Å². The van der Waals surface area contributed by atoms with Crippen LogP contribution in [0.25, 0.3) is 0 Å². The molecule has 0 aliphatic rings. The Hall–Kier alpha value is -0.281. The molecule has 1 unspecified atom stereocenters. The van der Waals surface area contributed by atoms with E-state index < -0.39 is 18.4 Å². The predicted octanol–water partition coefficient (Wildman–Crippen LogP) is 7.10. The topological polar surface area (TPSA) is 20.2 Å². The van der Waals surface area contributed by atoms with Crippen molar-refractivity contribution in [3.05, 3.63) is 46.1 Å². The summed E-state index contributed by atoms with van der Waals surface area (Å²) in [6.45, 7) is 7.24. The summed E-state index contributed by atoms with van der Waals surface area (Å²) < 4.78 is 7.31. The van der Waals surface area contributed by atoms with E-state index in [9.17, 15) is 5.11 Å². The fraction of sp³-hybridized carbons (Fsp3) is 0.652. The van der Waals surface area contributed by atoms with Crippen LogP contribution in [0.5, 0.6) is 0 Å². The maximum atomic E-state index is 9.82. The van der Waals surface area contributed by atoms with E-state index in [4.69, 9.17) is 0 Å². The van der Waals surface area contributed by atoms with Crippen molar-refractivity contribution in [2.75, 3.05) is 6.61 Å². The molecule has 0 fully saturated rings. The number of benzene rings is 1. The Kier molecular flexibility index (Phi) is 12.6. The number of hydrogen-bond donors (Lipinski definition) is 1. The van der Waals surface area contributed by atoms with E-state index in [1.165, 1.54) is 57.4 Å². The van der Waals surface area contributed by atoms with E-state index in [0.29, 0.717) is 0 Å². The second kappa shape index (κ2) is 13.9. The molecule has 0 spiro atoms. The van der Waals surface area contributed by atoms with Crippen molar-refractivity contribution in [1.82, 2.24) is 0 Å². The molecule has 2 heteroatoms. The molecule has 0 aliphatic heterocycles. The molecule has 0 amide bonds. The predicted molar refractivity (Wildman–Crippen MR) is 115 cm³/mol. The van der Waals surface area contributed by atoms with Crippen molar-refractivity contribution < 1.29 is 5.11 Å². The van der Waals surface area contributed by atoms with Gasteiger partial charge in [0, 0.05) is 0 Å². The van der Waals surface area contributed by atoms with Crippen molar-refractivity contribution in [1.29, 1.82) is 0 Å². The van der Waals surface area contributed by atoms with Gasteiger partial charge in [-0.25, -0.2) is 0 Å². The van der Waals surface area contributed by atoms with Crippen molar-refractivity contribution in [3.63, 3.8) is 0 Å². The Bertz CT molecular complexity index is 433. The van der Waals surface area contributed by atoms with Gasteiger partial charge in [0.1, 0.15) is 0 Å². The van der Waals surface area contributed by atoms with Gasteiger partial charge in [0.05, 0.1) is 0 Å². The summed E-state index contributed by atoms with van der Waals surface area (Å²) in [5.41, 5.74) is 1.27. The van der Waals surface area contributed by atoms with Crippen LogP contribution >= 0.6 is 0 Å². The monoisotopic (exact) mass is 452 g/mol. The molecule has 1 N–H and O–H groups in total. The van der Waals surface area contributed by atoms with Crippen LogP contribution in [0.1, 0.15) is 77.2 Å². The van der Waals surface area contributed by atoms with Gasteiger partial charge in [-0.05, 0) is 0 Å². The number of rotatable bonds is 14. The number of allylic oxidation sites excluding steroid dienone is 1. The molecule has 0 saturated carbocycles. The SMILES string of the molecule is CCC[CH2][Sn](/[CH]=C\CC(CO)c1ccccc1)([CH2]CCC)[CH2]CCC. The van der Waals surface area contributed by atoms with Crippen LogP contribution in [0.15, 0.2) is 40.5 Å². The molecule has 0 bridgehead atoms. The Morgan fingerprint density at radius 1 is 0.880 bits per heavy atom. The van der Waals surface area contributed by atoms with E-state index in [1.807, 2.05) is 0 Å². The summed E-state index contributed by atoms with van der Waals surface area (Å²) in [4.78, 5) is 0. The summed E-state index contributed by atoms with van der Waals surface area (Å²) in [7, 11) is 0. The normalized spacial score (nSPS) is 13.4. The zero-order valence-electron chi connectivity index (χ0n) is 16.8. The van der Waals surface area contributed by atoms with E-state index in [2.05, 4.69) is 61.3 Å². The second-order valence-electron chi connectivity index (χ2n) is 7.60. The third-order valence-electron chi connectivity index (χ3n) is 5.47. The summed E-state index contributed by atoms with van der Waals surface area (Å²) in [5.74, 6) is 0.255. The molecule has 1 atom stereocenters. The Morgan fingerprint density at radius 3 is 1.84 bits per heavy atom. The molecule has 0 saturated heterocycles. The molecule has 1 aromatic rings. The molecule has 0 aromatic heterocycles. The van der Waals surface area contributed by atoms with Gasteiger partial charge in [-0.15, -0.1) is 0 Å². The van der Waals surface area contributed by atoms with Gasteiger partial charge in [0.15, 0.2) is 0 Å². The first kappa shape index (κ1) is 22.8. The van der Waals surface area contributed by atoms with E-state index in [0.717, 1.165) is 6.42 Å². The number of hydrogen-bond acceptors (Lipinski definition) is 1. The van der Waals surface area contributed by atoms with Gasteiger partial charge in [-0.2, -0.15) is 0 Å². The second-order valence-corrected chi connectivity index (χ2v) is 20.6. The van der Waals surface area contributed by atoms with E-state index in [1.54, 1.807) is 0 Å². The van der Waals surface area contributed by atoms with Gasteiger partial charge in [-0.3, -0.25) is 0 Å². The average Bonchev–Trinajstić information content (AvgIpc) is 2.66. The van der Waals surface area contributed by atoms with Crippen LogP contribution in [0.4, 0.5) is 0 Å². The van der Waals surface area contributed by atoms with E-state index >= 15 is 0 Å². The third-order valence-corrected chi connectivity index (χ3v) is 19.7. The van der Waals surface area contributed by atoms with Crippen molar-refractivity contribution in [3.8, 4) is 0 Å². The molecule has 0 heterocycles. The summed E-state index contributed by atoms with van der Waals surface area (Å²) >= 11 is -2.16. The van der Waals surface area contributed by atoms with Gasteiger partial charge < -0.3 is 0 Å². The molecule has 1 aromatic carbocycles. The third kappa shape index (κ3) is 8.77. The number of aliphatic hydroxyl groups excluding tert-OH is 1. The number of aliphatic hydroxyl groups is 1.